The Hall–Kier alpha value is -2.40. The van der Waals surface area contributed by atoms with Gasteiger partial charge in [-0.05, 0) is 25.1 Å². The maximum atomic E-state index is 11.2. The molecule has 0 aliphatic carbocycles. The van der Waals surface area contributed by atoms with Crippen LogP contribution in [-0.2, 0) is 0 Å². The van der Waals surface area contributed by atoms with E-state index in [0.717, 1.165) is 19.5 Å². The summed E-state index contributed by atoms with van der Waals surface area (Å²) < 4.78 is 6.09. The minimum absolute atomic E-state index is 0.0261. The van der Waals surface area contributed by atoms with Crippen LogP contribution in [0.4, 0.5) is 5.69 Å². The summed E-state index contributed by atoms with van der Waals surface area (Å²) in [6.45, 7) is 1.81. The maximum absolute atomic E-state index is 11.2. The summed E-state index contributed by atoms with van der Waals surface area (Å²) in [7, 11) is 2.09. The molecule has 1 aliphatic rings. The van der Waals surface area contributed by atoms with Gasteiger partial charge in [-0.2, -0.15) is 0 Å². The van der Waals surface area contributed by atoms with Crippen molar-refractivity contribution in [3.63, 3.8) is 0 Å². The largest absolute Gasteiger partial charge is 0.483 e. The number of para-hydroxylation sites is 2. The van der Waals surface area contributed by atoms with Crippen LogP contribution >= 0.6 is 0 Å². The van der Waals surface area contributed by atoms with E-state index in [9.17, 15) is 10.1 Å². The molecule has 5 heteroatoms. The molecule has 120 valence electrons. The molecule has 1 heterocycles. The van der Waals surface area contributed by atoms with Crippen LogP contribution in [0.2, 0.25) is 0 Å². The Morgan fingerprint density at radius 2 is 1.83 bits per heavy atom. The SMILES string of the molecule is CN1CCC(Oc2ccccc2[N+](=O)[O-])C(c2ccccc2)C1. The fourth-order valence-corrected chi connectivity index (χ4v) is 3.13. The molecule has 2 atom stereocenters. The van der Waals surface area contributed by atoms with Gasteiger partial charge < -0.3 is 9.64 Å². The smallest absolute Gasteiger partial charge is 0.310 e. The minimum atomic E-state index is -0.387. The molecule has 2 aromatic carbocycles. The summed E-state index contributed by atoms with van der Waals surface area (Å²) >= 11 is 0. The molecular weight excluding hydrogens is 292 g/mol. The van der Waals surface area contributed by atoms with Gasteiger partial charge in [0.2, 0.25) is 0 Å². The second-order valence-corrected chi connectivity index (χ2v) is 5.95. The van der Waals surface area contributed by atoms with E-state index < -0.39 is 0 Å². The monoisotopic (exact) mass is 312 g/mol. The number of hydrogen-bond acceptors (Lipinski definition) is 4. The number of nitrogens with zero attached hydrogens (tertiary/aromatic N) is 2. The van der Waals surface area contributed by atoms with Crippen molar-refractivity contribution in [3.05, 3.63) is 70.3 Å². The van der Waals surface area contributed by atoms with Gasteiger partial charge in [-0.15, -0.1) is 0 Å². The summed E-state index contributed by atoms with van der Waals surface area (Å²) in [5.41, 5.74) is 1.24. The number of benzene rings is 2. The Labute approximate surface area is 135 Å². The van der Waals surface area contributed by atoms with Crippen LogP contribution in [0.15, 0.2) is 54.6 Å². The Kier molecular flexibility index (Phi) is 4.57. The highest BCUT2D eigenvalue weighted by molar-refractivity contribution is 5.46. The van der Waals surface area contributed by atoms with E-state index in [2.05, 4.69) is 24.1 Å². The molecule has 0 amide bonds. The van der Waals surface area contributed by atoms with Gasteiger partial charge in [-0.1, -0.05) is 42.5 Å². The zero-order chi connectivity index (χ0) is 16.2. The first-order chi connectivity index (χ1) is 11.1. The average molecular weight is 312 g/mol. The van der Waals surface area contributed by atoms with Crippen LogP contribution in [0, 0.1) is 10.1 Å². The van der Waals surface area contributed by atoms with Crippen molar-refractivity contribution < 1.29 is 9.66 Å². The first-order valence-electron chi connectivity index (χ1n) is 7.78. The van der Waals surface area contributed by atoms with E-state index in [0.29, 0.717) is 5.75 Å². The fraction of sp³-hybridized carbons (Fsp3) is 0.333. The Balaban J connectivity index is 1.87. The number of nitro benzene ring substituents is 1. The van der Waals surface area contributed by atoms with Gasteiger partial charge in [0.1, 0.15) is 6.10 Å². The molecular formula is C18H20N2O3. The minimum Gasteiger partial charge on any atom is -0.483 e. The van der Waals surface area contributed by atoms with Crippen molar-refractivity contribution in [2.45, 2.75) is 18.4 Å². The third-order valence-electron chi connectivity index (χ3n) is 4.32. The van der Waals surface area contributed by atoms with Crippen LogP contribution in [0.3, 0.4) is 0 Å². The van der Waals surface area contributed by atoms with E-state index in [1.807, 2.05) is 18.2 Å². The highest BCUT2D eigenvalue weighted by atomic mass is 16.6. The molecule has 2 unspecified atom stereocenters. The number of likely N-dealkylation sites (N-methyl/N-ethyl adjacent to an activating group) is 1. The van der Waals surface area contributed by atoms with Crippen LogP contribution < -0.4 is 4.74 Å². The zero-order valence-electron chi connectivity index (χ0n) is 13.1. The molecule has 0 bridgehead atoms. The molecule has 2 aromatic rings. The molecule has 23 heavy (non-hydrogen) atoms. The van der Waals surface area contributed by atoms with E-state index in [4.69, 9.17) is 4.74 Å². The van der Waals surface area contributed by atoms with Crippen LogP contribution in [0.1, 0.15) is 17.9 Å². The predicted molar refractivity (Wildman–Crippen MR) is 88.8 cm³/mol. The molecule has 0 radical (unpaired) electrons. The second-order valence-electron chi connectivity index (χ2n) is 5.95. The number of likely N-dealkylation sites (tertiary alicyclic amines) is 1. The first kappa shape index (κ1) is 15.5. The van der Waals surface area contributed by atoms with Gasteiger partial charge in [0.15, 0.2) is 5.75 Å². The molecule has 0 aromatic heterocycles. The predicted octanol–water partition coefficient (Wildman–Crippen LogP) is 3.46. The van der Waals surface area contributed by atoms with E-state index >= 15 is 0 Å². The molecule has 5 nitrogen and oxygen atoms in total. The van der Waals surface area contributed by atoms with Crippen molar-refractivity contribution in [1.29, 1.82) is 0 Å². The number of hydrogen-bond donors (Lipinski definition) is 0. The summed E-state index contributed by atoms with van der Waals surface area (Å²) in [6.07, 6.45) is 0.789. The normalized spacial score (nSPS) is 21.8. The zero-order valence-corrected chi connectivity index (χ0v) is 13.1. The third kappa shape index (κ3) is 3.51. The van der Waals surface area contributed by atoms with Gasteiger partial charge in [0, 0.05) is 25.1 Å². The number of nitro groups is 1. The van der Waals surface area contributed by atoms with E-state index in [1.165, 1.54) is 11.6 Å². The molecule has 0 spiro atoms. The number of rotatable bonds is 4. The highest BCUT2D eigenvalue weighted by Gasteiger charge is 2.32. The molecule has 1 saturated heterocycles. The average Bonchev–Trinajstić information content (AvgIpc) is 2.57. The Morgan fingerprint density at radius 1 is 1.13 bits per heavy atom. The van der Waals surface area contributed by atoms with Gasteiger partial charge >= 0.3 is 5.69 Å². The summed E-state index contributed by atoms with van der Waals surface area (Å²) in [6, 6.07) is 16.8. The Morgan fingerprint density at radius 3 is 2.57 bits per heavy atom. The molecule has 1 aliphatic heterocycles. The summed E-state index contributed by atoms with van der Waals surface area (Å²) in [5, 5.41) is 11.2. The third-order valence-corrected chi connectivity index (χ3v) is 4.32. The van der Waals surface area contributed by atoms with Gasteiger partial charge in [0.05, 0.1) is 4.92 Å². The van der Waals surface area contributed by atoms with Crippen molar-refractivity contribution in [3.8, 4) is 5.75 Å². The topological polar surface area (TPSA) is 55.6 Å². The summed E-state index contributed by atoms with van der Waals surface area (Å²) in [4.78, 5) is 13.1. The summed E-state index contributed by atoms with van der Waals surface area (Å²) in [5.74, 6) is 0.558. The Bertz CT molecular complexity index is 675. The van der Waals surface area contributed by atoms with Crippen molar-refractivity contribution in [2.24, 2.45) is 0 Å². The lowest BCUT2D eigenvalue weighted by Crippen LogP contribution is -2.42. The van der Waals surface area contributed by atoms with E-state index in [1.54, 1.807) is 18.2 Å². The van der Waals surface area contributed by atoms with Crippen LogP contribution in [0.25, 0.3) is 0 Å². The molecule has 3 rings (SSSR count). The standard InChI is InChI=1S/C18H20N2O3/c1-19-12-11-17(15(13-19)14-7-3-2-4-8-14)23-18-10-6-5-9-16(18)20(21)22/h2-10,15,17H,11-13H2,1H3. The lowest BCUT2D eigenvalue weighted by atomic mass is 9.88. The number of piperidine rings is 1. The van der Waals surface area contributed by atoms with Crippen molar-refractivity contribution >= 4 is 5.69 Å². The molecule has 0 N–H and O–H groups in total. The van der Waals surface area contributed by atoms with Gasteiger partial charge in [-0.25, -0.2) is 0 Å². The van der Waals surface area contributed by atoms with Crippen molar-refractivity contribution in [1.82, 2.24) is 4.90 Å². The van der Waals surface area contributed by atoms with Crippen molar-refractivity contribution in [2.75, 3.05) is 20.1 Å². The lowest BCUT2D eigenvalue weighted by molar-refractivity contribution is -0.386. The highest BCUT2D eigenvalue weighted by Crippen LogP contribution is 2.34. The van der Waals surface area contributed by atoms with Gasteiger partial charge in [0.25, 0.3) is 0 Å². The first-order valence-corrected chi connectivity index (χ1v) is 7.78. The number of ether oxygens (including phenoxy) is 1. The van der Waals surface area contributed by atoms with Gasteiger partial charge in [-0.3, -0.25) is 10.1 Å². The van der Waals surface area contributed by atoms with E-state index in [-0.39, 0.29) is 22.6 Å². The second kappa shape index (κ2) is 6.79. The lowest BCUT2D eigenvalue weighted by Gasteiger charge is -2.37. The van der Waals surface area contributed by atoms with Crippen LogP contribution in [0.5, 0.6) is 5.75 Å². The quantitative estimate of drug-likeness (QED) is 0.641. The molecule has 1 fully saturated rings. The maximum Gasteiger partial charge on any atom is 0.310 e. The fourth-order valence-electron chi connectivity index (χ4n) is 3.13. The van der Waals surface area contributed by atoms with Crippen LogP contribution in [-0.4, -0.2) is 36.1 Å². The molecule has 0 saturated carbocycles.